The molecule has 1 aromatic heterocycles. The lowest BCUT2D eigenvalue weighted by Crippen LogP contribution is -2.50. The summed E-state index contributed by atoms with van der Waals surface area (Å²) in [5.74, 6) is -0.270. The highest BCUT2D eigenvalue weighted by molar-refractivity contribution is 9.10. The van der Waals surface area contributed by atoms with E-state index in [1.165, 1.54) is 11.3 Å². The summed E-state index contributed by atoms with van der Waals surface area (Å²) < 4.78 is 0.885. The van der Waals surface area contributed by atoms with Gasteiger partial charge in [-0.05, 0) is 34.8 Å². The highest BCUT2D eigenvalue weighted by atomic mass is 79.9. The Morgan fingerprint density at radius 1 is 1.62 bits per heavy atom. The molecule has 16 heavy (non-hydrogen) atoms. The molecule has 1 fully saturated rings. The van der Waals surface area contributed by atoms with Gasteiger partial charge in [-0.3, -0.25) is 9.59 Å². The maximum absolute atomic E-state index is 11.8. The van der Waals surface area contributed by atoms with Gasteiger partial charge in [0.15, 0.2) is 0 Å². The van der Waals surface area contributed by atoms with Crippen LogP contribution < -0.4 is 10.6 Å². The molecule has 0 spiro atoms. The predicted molar refractivity (Wildman–Crippen MR) is 65.5 cm³/mol. The summed E-state index contributed by atoms with van der Waals surface area (Å²) in [5.41, 5.74) is 0. The summed E-state index contributed by atoms with van der Waals surface area (Å²) in [4.78, 5) is 23.8. The van der Waals surface area contributed by atoms with Gasteiger partial charge in [0.1, 0.15) is 6.04 Å². The topological polar surface area (TPSA) is 58.2 Å². The minimum atomic E-state index is -0.387. The lowest BCUT2D eigenvalue weighted by Gasteiger charge is -2.22. The minimum absolute atomic E-state index is 0.0878. The summed E-state index contributed by atoms with van der Waals surface area (Å²) in [6.07, 6.45) is 1.62. The van der Waals surface area contributed by atoms with Crippen LogP contribution in [0.3, 0.4) is 0 Å². The van der Waals surface area contributed by atoms with E-state index in [9.17, 15) is 9.59 Å². The van der Waals surface area contributed by atoms with Gasteiger partial charge < -0.3 is 10.6 Å². The third-order valence-corrected chi connectivity index (χ3v) is 4.07. The van der Waals surface area contributed by atoms with Crippen LogP contribution >= 0.6 is 27.3 Å². The molecule has 2 rings (SSSR count). The first-order valence-corrected chi connectivity index (χ1v) is 6.66. The summed E-state index contributed by atoms with van der Waals surface area (Å²) in [6.45, 7) is 0.704. The van der Waals surface area contributed by atoms with E-state index >= 15 is 0 Å². The van der Waals surface area contributed by atoms with E-state index in [1.54, 1.807) is 6.07 Å². The summed E-state index contributed by atoms with van der Waals surface area (Å²) in [5, 5.41) is 7.31. The molecule has 86 valence electrons. The van der Waals surface area contributed by atoms with Gasteiger partial charge in [-0.2, -0.15) is 0 Å². The molecule has 0 saturated carbocycles. The molecule has 1 aliphatic rings. The molecule has 0 bridgehead atoms. The Labute approximate surface area is 106 Å². The maximum atomic E-state index is 11.8. The van der Waals surface area contributed by atoms with Crippen molar-refractivity contribution in [1.29, 1.82) is 0 Å². The first kappa shape index (κ1) is 11.6. The Morgan fingerprint density at radius 2 is 2.44 bits per heavy atom. The third-order valence-electron chi connectivity index (χ3n) is 2.38. The van der Waals surface area contributed by atoms with Gasteiger partial charge >= 0.3 is 0 Å². The van der Waals surface area contributed by atoms with Crippen molar-refractivity contribution in [3.63, 3.8) is 0 Å². The Kier molecular flexibility index (Phi) is 3.60. The van der Waals surface area contributed by atoms with Crippen LogP contribution in [0.25, 0.3) is 0 Å². The first-order valence-electron chi connectivity index (χ1n) is 4.99. The molecule has 1 aromatic rings. The van der Waals surface area contributed by atoms with Crippen molar-refractivity contribution in [3.05, 3.63) is 20.8 Å². The number of piperidine rings is 1. The van der Waals surface area contributed by atoms with Gasteiger partial charge in [0.25, 0.3) is 5.91 Å². The number of nitrogens with one attached hydrogen (secondary N) is 2. The molecule has 1 aliphatic heterocycles. The zero-order chi connectivity index (χ0) is 11.5. The van der Waals surface area contributed by atoms with Crippen molar-refractivity contribution >= 4 is 39.1 Å². The van der Waals surface area contributed by atoms with Gasteiger partial charge in [0.2, 0.25) is 5.91 Å². The second-order valence-electron chi connectivity index (χ2n) is 3.59. The van der Waals surface area contributed by atoms with Crippen LogP contribution in [0.4, 0.5) is 0 Å². The largest absolute Gasteiger partial charge is 0.354 e. The number of hydrogen-bond donors (Lipinski definition) is 2. The fourth-order valence-corrected chi connectivity index (χ4v) is 2.90. The summed E-state index contributed by atoms with van der Waals surface area (Å²) in [7, 11) is 0. The number of carbonyl (C=O) groups excluding carboxylic acids is 2. The number of halogens is 1. The summed E-state index contributed by atoms with van der Waals surface area (Å²) >= 11 is 4.65. The Bertz CT molecular complexity index is 419. The molecule has 1 saturated heterocycles. The lowest BCUT2D eigenvalue weighted by atomic mass is 10.1. The molecule has 0 radical (unpaired) electrons. The normalized spacial score (nSPS) is 20.3. The van der Waals surface area contributed by atoms with Gasteiger partial charge in [-0.15, -0.1) is 11.3 Å². The van der Waals surface area contributed by atoms with Gasteiger partial charge in [0.05, 0.1) is 4.88 Å². The van der Waals surface area contributed by atoms with Crippen molar-refractivity contribution < 1.29 is 9.59 Å². The zero-order valence-corrected chi connectivity index (χ0v) is 10.9. The molecule has 0 aliphatic carbocycles. The van der Waals surface area contributed by atoms with Crippen molar-refractivity contribution in [3.8, 4) is 0 Å². The van der Waals surface area contributed by atoms with E-state index in [0.717, 1.165) is 10.9 Å². The molecular formula is C10H11BrN2O2S. The molecule has 1 atom stereocenters. The Morgan fingerprint density at radius 3 is 3.06 bits per heavy atom. The molecule has 2 amide bonds. The Hall–Kier alpha value is -0.880. The van der Waals surface area contributed by atoms with E-state index in [4.69, 9.17) is 0 Å². The second-order valence-corrected chi connectivity index (χ2v) is 5.42. The molecule has 1 unspecified atom stereocenters. The van der Waals surface area contributed by atoms with Crippen molar-refractivity contribution in [2.24, 2.45) is 0 Å². The Balaban J connectivity index is 1.99. The van der Waals surface area contributed by atoms with Crippen LogP contribution in [0.15, 0.2) is 15.9 Å². The van der Waals surface area contributed by atoms with Crippen molar-refractivity contribution in [2.45, 2.75) is 18.9 Å². The molecule has 4 nitrogen and oxygen atoms in total. The molecule has 2 N–H and O–H groups in total. The average molecular weight is 303 g/mol. The van der Waals surface area contributed by atoms with Crippen molar-refractivity contribution in [1.82, 2.24) is 10.6 Å². The van der Waals surface area contributed by atoms with E-state index in [-0.39, 0.29) is 17.9 Å². The van der Waals surface area contributed by atoms with Crippen LogP contribution in [-0.4, -0.2) is 24.4 Å². The van der Waals surface area contributed by atoms with Gasteiger partial charge in [-0.25, -0.2) is 0 Å². The quantitative estimate of drug-likeness (QED) is 0.870. The van der Waals surface area contributed by atoms with Crippen LogP contribution in [0, 0.1) is 0 Å². The van der Waals surface area contributed by atoms with Crippen LogP contribution in [0.1, 0.15) is 22.5 Å². The van der Waals surface area contributed by atoms with E-state index in [1.807, 2.05) is 5.38 Å². The van der Waals surface area contributed by atoms with Crippen molar-refractivity contribution in [2.75, 3.05) is 6.54 Å². The highest BCUT2D eigenvalue weighted by Crippen LogP contribution is 2.19. The van der Waals surface area contributed by atoms with Crippen LogP contribution in [-0.2, 0) is 4.79 Å². The molecule has 0 aromatic carbocycles. The van der Waals surface area contributed by atoms with E-state index in [2.05, 4.69) is 26.6 Å². The SMILES string of the molecule is O=C(NC1CCCNC1=O)c1cc(Br)cs1. The van der Waals surface area contributed by atoms with Crippen LogP contribution in [0.2, 0.25) is 0 Å². The van der Waals surface area contributed by atoms with Crippen LogP contribution in [0.5, 0.6) is 0 Å². The highest BCUT2D eigenvalue weighted by Gasteiger charge is 2.24. The number of rotatable bonds is 2. The summed E-state index contributed by atoms with van der Waals surface area (Å²) in [6, 6.07) is 1.36. The zero-order valence-electron chi connectivity index (χ0n) is 8.46. The first-order chi connectivity index (χ1) is 7.66. The standard InChI is InChI=1S/C10H11BrN2O2S/c11-6-4-8(16-5-6)10(15)13-7-2-1-3-12-9(7)14/h4-5,7H,1-3H2,(H,12,14)(H,13,15). The number of hydrogen-bond acceptors (Lipinski definition) is 3. The fourth-order valence-electron chi connectivity index (χ4n) is 1.57. The van der Waals surface area contributed by atoms with E-state index < -0.39 is 0 Å². The minimum Gasteiger partial charge on any atom is -0.354 e. The predicted octanol–water partition coefficient (Wildman–Crippen LogP) is 1.52. The number of amides is 2. The van der Waals surface area contributed by atoms with Gasteiger partial charge in [-0.1, -0.05) is 0 Å². The number of carbonyl (C=O) groups is 2. The van der Waals surface area contributed by atoms with E-state index in [0.29, 0.717) is 17.8 Å². The monoisotopic (exact) mass is 302 g/mol. The fraction of sp³-hybridized carbons (Fsp3) is 0.400. The molecule has 2 heterocycles. The second kappa shape index (κ2) is 4.97. The number of thiophene rings is 1. The third kappa shape index (κ3) is 2.62. The maximum Gasteiger partial charge on any atom is 0.262 e. The van der Waals surface area contributed by atoms with Gasteiger partial charge in [0, 0.05) is 16.4 Å². The molecule has 6 heteroatoms. The lowest BCUT2D eigenvalue weighted by molar-refractivity contribution is -0.124. The molecular weight excluding hydrogens is 292 g/mol. The smallest absolute Gasteiger partial charge is 0.262 e. The average Bonchev–Trinajstić information content (AvgIpc) is 2.68.